The Labute approximate surface area is 81.1 Å². The van der Waals surface area contributed by atoms with E-state index in [9.17, 15) is 0 Å². The van der Waals surface area contributed by atoms with Crippen LogP contribution in [0.4, 0.5) is 0 Å². The van der Waals surface area contributed by atoms with Crippen LogP contribution in [-0.2, 0) is 0 Å². The van der Waals surface area contributed by atoms with Gasteiger partial charge >= 0.3 is 0 Å². The maximum Gasteiger partial charge on any atom is 0.0395 e. The zero-order chi connectivity index (χ0) is 7.23. The standard InChI is InChI=1S/C6H12S4/c7-1-2-8-3-6-4-9-5-10-6/h6-7H,1-5H2. The van der Waals surface area contributed by atoms with Gasteiger partial charge in [0.25, 0.3) is 0 Å². The summed E-state index contributed by atoms with van der Waals surface area (Å²) in [6, 6.07) is 0. The van der Waals surface area contributed by atoms with Crippen molar-refractivity contribution in [2.24, 2.45) is 0 Å². The van der Waals surface area contributed by atoms with Crippen molar-refractivity contribution in [3.63, 3.8) is 0 Å². The Kier molecular flexibility index (Phi) is 5.67. The summed E-state index contributed by atoms with van der Waals surface area (Å²) < 4.78 is 0. The van der Waals surface area contributed by atoms with E-state index in [2.05, 4.69) is 36.2 Å². The van der Waals surface area contributed by atoms with E-state index in [1.54, 1.807) is 0 Å². The highest BCUT2D eigenvalue weighted by atomic mass is 32.2. The molecule has 0 aliphatic carbocycles. The smallest absolute Gasteiger partial charge is 0.0395 e. The van der Waals surface area contributed by atoms with Crippen LogP contribution in [-0.4, -0.2) is 33.3 Å². The highest BCUT2D eigenvalue weighted by Gasteiger charge is 2.14. The van der Waals surface area contributed by atoms with E-state index in [0.717, 1.165) is 11.0 Å². The molecule has 0 amide bonds. The fraction of sp³-hybridized carbons (Fsp3) is 1.00. The first kappa shape index (κ1) is 9.49. The van der Waals surface area contributed by atoms with Gasteiger partial charge in [-0.1, -0.05) is 0 Å². The first-order valence-corrected chi connectivity index (χ1v) is 7.30. The average Bonchev–Trinajstić information content (AvgIpc) is 2.41. The molecule has 0 aromatic heterocycles. The van der Waals surface area contributed by atoms with Gasteiger partial charge in [-0.2, -0.15) is 24.4 Å². The fourth-order valence-electron chi connectivity index (χ4n) is 0.748. The lowest BCUT2D eigenvalue weighted by Crippen LogP contribution is -2.04. The Morgan fingerprint density at radius 1 is 1.60 bits per heavy atom. The minimum Gasteiger partial charge on any atom is -0.179 e. The maximum atomic E-state index is 4.16. The second-order valence-corrected chi connectivity index (χ2v) is 6.36. The Morgan fingerprint density at radius 3 is 3.10 bits per heavy atom. The monoisotopic (exact) mass is 212 g/mol. The van der Waals surface area contributed by atoms with Crippen molar-refractivity contribution in [3.05, 3.63) is 0 Å². The topological polar surface area (TPSA) is 0 Å². The molecule has 1 aliphatic rings. The zero-order valence-corrected chi connectivity index (χ0v) is 9.13. The van der Waals surface area contributed by atoms with E-state index in [-0.39, 0.29) is 0 Å². The van der Waals surface area contributed by atoms with Crippen molar-refractivity contribution in [1.29, 1.82) is 0 Å². The van der Waals surface area contributed by atoms with Gasteiger partial charge in [0.15, 0.2) is 0 Å². The molecule has 0 aromatic carbocycles. The molecule has 0 aromatic rings. The molecule has 1 fully saturated rings. The van der Waals surface area contributed by atoms with Crippen molar-refractivity contribution >= 4 is 47.9 Å². The van der Waals surface area contributed by atoms with Crippen LogP contribution in [0.3, 0.4) is 0 Å². The minimum atomic E-state index is 0.926. The van der Waals surface area contributed by atoms with Gasteiger partial charge in [0.1, 0.15) is 0 Å². The highest BCUT2D eigenvalue weighted by molar-refractivity contribution is 8.19. The summed E-state index contributed by atoms with van der Waals surface area (Å²) in [6.45, 7) is 0. The number of hydrogen-bond acceptors (Lipinski definition) is 4. The van der Waals surface area contributed by atoms with Gasteiger partial charge in [-0.05, 0) is 5.75 Å². The SMILES string of the molecule is SCCSCC1CSCS1. The van der Waals surface area contributed by atoms with E-state index in [1.165, 1.54) is 22.3 Å². The van der Waals surface area contributed by atoms with Crippen molar-refractivity contribution in [1.82, 2.24) is 0 Å². The minimum absolute atomic E-state index is 0.926. The van der Waals surface area contributed by atoms with Crippen molar-refractivity contribution in [2.75, 3.05) is 28.1 Å². The van der Waals surface area contributed by atoms with Crippen molar-refractivity contribution < 1.29 is 0 Å². The molecule has 0 nitrogen and oxygen atoms in total. The first-order chi connectivity index (χ1) is 4.93. The van der Waals surface area contributed by atoms with E-state index in [1.807, 2.05) is 11.8 Å². The molecular weight excluding hydrogens is 200 g/mol. The van der Waals surface area contributed by atoms with E-state index in [4.69, 9.17) is 0 Å². The Morgan fingerprint density at radius 2 is 2.50 bits per heavy atom. The van der Waals surface area contributed by atoms with Crippen LogP contribution in [0, 0.1) is 0 Å². The lowest BCUT2D eigenvalue weighted by atomic mass is 10.6. The second-order valence-electron chi connectivity index (χ2n) is 2.08. The Balaban J connectivity index is 1.91. The molecule has 0 radical (unpaired) electrons. The van der Waals surface area contributed by atoms with Crippen LogP contribution in [0.15, 0.2) is 0 Å². The fourth-order valence-corrected chi connectivity index (χ4v) is 5.23. The lowest BCUT2D eigenvalue weighted by Gasteiger charge is -2.04. The summed E-state index contributed by atoms with van der Waals surface area (Å²) in [4.78, 5) is 0. The molecule has 1 atom stereocenters. The highest BCUT2D eigenvalue weighted by Crippen LogP contribution is 2.31. The summed E-state index contributed by atoms with van der Waals surface area (Å²) in [7, 11) is 0. The predicted octanol–water partition coefficient (Wildman–Crippen LogP) is 2.46. The van der Waals surface area contributed by atoms with E-state index in [0.29, 0.717) is 0 Å². The molecule has 10 heavy (non-hydrogen) atoms. The summed E-state index contributed by atoms with van der Waals surface area (Å²) >= 11 is 10.4. The first-order valence-electron chi connectivity index (χ1n) is 3.31. The van der Waals surface area contributed by atoms with Crippen LogP contribution < -0.4 is 0 Å². The third kappa shape index (κ3) is 3.69. The molecule has 1 saturated heterocycles. The van der Waals surface area contributed by atoms with Gasteiger partial charge in [0, 0.05) is 27.6 Å². The third-order valence-electron chi connectivity index (χ3n) is 1.23. The largest absolute Gasteiger partial charge is 0.179 e. The molecule has 0 saturated carbocycles. The van der Waals surface area contributed by atoms with Gasteiger partial charge < -0.3 is 0 Å². The summed E-state index contributed by atoms with van der Waals surface area (Å²) in [5.74, 6) is 4.93. The molecule has 1 unspecified atom stereocenters. The molecule has 1 heterocycles. The normalized spacial score (nSPS) is 25.5. The quantitative estimate of drug-likeness (QED) is 0.562. The molecule has 1 rings (SSSR count). The molecule has 60 valence electrons. The summed E-state index contributed by atoms with van der Waals surface area (Å²) in [5, 5.41) is 2.24. The van der Waals surface area contributed by atoms with Gasteiger partial charge in [-0.25, -0.2) is 0 Å². The van der Waals surface area contributed by atoms with Crippen molar-refractivity contribution in [2.45, 2.75) is 5.25 Å². The number of hydrogen-bond donors (Lipinski definition) is 1. The molecule has 0 bridgehead atoms. The van der Waals surface area contributed by atoms with Crippen LogP contribution >= 0.6 is 47.9 Å². The van der Waals surface area contributed by atoms with Crippen LogP contribution in [0.5, 0.6) is 0 Å². The number of thioether (sulfide) groups is 3. The van der Waals surface area contributed by atoms with Gasteiger partial charge in [-0.3, -0.25) is 0 Å². The molecule has 1 aliphatic heterocycles. The van der Waals surface area contributed by atoms with Crippen LogP contribution in [0.25, 0.3) is 0 Å². The summed E-state index contributed by atoms with van der Waals surface area (Å²) in [6.07, 6.45) is 0. The Hall–Kier alpha value is 1.40. The lowest BCUT2D eigenvalue weighted by molar-refractivity contribution is 1.16. The van der Waals surface area contributed by atoms with Gasteiger partial charge in [0.05, 0.1) is 0 Å². The van der Waals surface area contributed by atoms with Crippen molar-refractivity contribution in [3.8, 4) is 0 Å². The Bertz CT molecular complexity index is 79.8. The van der Waals surface area contributed by atoms with Gasteiger partial charge in [0.2, 0.25) is 0 Å². The average molecular weight is 212 g/mol. The zero-order valence-electron chi connectivity index (χ0n) is 5.78. The summed E-state index contributed by atoms with van der Waals surface area (Å²) in [5.41, 5.74) is 0. The molecular formula is C6H12S4. The van der Waals surface area contributed by atoms with Gasteiger partial charge in [-0.15, -0.1) is 23.5 Å². The molecule has 0 spiro atoms. The maximum absolute atomic E-state index is 4.16. The molecule has 4 heteroatoms. The number of thiol groups is 1. The van der Waals surface area contributed by atoms with Crippen LogP contribution in [0.1, 0.15) is 0 Å². The van der Waals surface area contributed by atoms with E-state index < -0.39 is 0 Å². The predicted molar refractivity (Wildman–Crippen MR) is 59.9 cm³/mol. The third-order valence-corrected chi connectivity index (χ3v) is 5.96. The molecule has 0 N–H and O–H groups in total. The number of rotatable bonds is 4. The second kappa shape index (κ2) is 5.98. The van der Waals surface area contributed by atoms with Crippen LogP contribution in [0.2, 0.25) is 0 Å². The van der Waals surface area contributed by atoms with E-state index >= 15 is 0 Å².